The van der Waals surface area contributed by atoms with Crippen molar-refractivity contribution in [3.05, 3.63) is 17.0 Å². The van der Waals surface area contributed by atoms with Gasteiger partial charge in [-0.15, -0.1) is 0 Å². The first-order chi connectivity index (χ1) is 5.70. The van der Waals surface area contributed by atoms with Crippen molar-refractivity contribution in [1.82, 2.24) is 9.78 Å². The van der Waals surface area contributed by atoms with E-state index in [2.05, 4.69) is 18.9 Å². The maximum atomic E-state index is 5.61. The lowest BCUT2D eigenvalue weighted by molar-refractivity contribution is 0.582. The molecule has 68 valence electrons. The fourth-order valence-corrected chi connectivity index (χ4v) is 1.46. The van der Waals surface area contributed by atoms with E-state index in [9.17, 15) is 0 Å². The van der Waals surface area contributed by atoms with Gasteiger partial charge >= 0.3 is 0 Å². The second-order valence-corrected chi connectivity index (χ2v) is 3.08. The molecule has 0 atom stereocenters. The molecule has 1 rings (SSSR count). The Morgan fingerprint density at radius 3 is 2.50 bits per heavy atom. The van der Waals surface area contributed by atoms with Crippen molar-refractivity contribution in [1.29, 1.82) is 0 Å². The summed E-state index contributed by atoms with van der Waals surface area (Å²) in [5.74, 6) is 0. The van der Waals surface area contributed by atoms with Crippen molar-refractivity contribution in [2.75, 3.05) is 0 Å². The van der Waals surface area contributed by atoms with Gasteiger partial charge in [0.15, 0.2) is 0 Å². The zero-order chi connectivity index (χ0) is 9.14. The summed E-state index contributed by atoms with van der Waals surface area (Å²) < 4.78 is 2.04. The molecule has 0 radical (unpaired) electrons. The minimum Gasteiger partial charge on any atom is -0.326 e. The van der Waals surface area contributed by atoms with Gasteiger partial charge in [0.1, 0.15) is 0 Å². The predicted molar refractivity (Wildman–Crippen MR) is 49.9 cm³/mol. The number of hydrogen-bond acceptors (Lipinski definition) is 2. The molecular weight excluding hydrogens is 150 g/mol. The zero-order valence-electron chi connectivity index (χ0n) is 8.09. The Bertz CT molecular complexity index is 263. The maximum Gasteiger partial charge on any atom is 0.0641 e. The second-order valence-electron chi connectivity index (χ2n) is 3.08. The van der Waals surface area contributed by atoms with Crippen LogP contribution in [0, 0.1) is 13.8 Å². The average molecular weight is 167 g/mol. The minimum atomic E-state index is 0.599. The molecule has 0 aliphatic rings. The third kappa shape index (κ3) is 1.50. The summed E-state index contributed by atoms with van der Waals surface area (Å²) in [6, 6.07) is 0. The Labute approximate surface area is 73.6 Å². The molecule has 0 unspecified atom stereocenters. The highest BCUT2D eigenvalue weighted by Gasteiger charge is 2.08. The van der Waals surface area contributed by atoms with Gasteiger partial charge in [-0.3, -0.25) is 4.68 Å². The van der Waals surface area contributed by atoms with Crippen LogP contribution >= 0.6 is 0 Å². The molecule has 0 spiro atoms. The summed E-state index contributed by atoms with van der Waals surface area (Å²) in [6.45, 7) is 7.84. The highest BCUT2D eigenvalue weighted by molar-refractivity contribution is 5.23. The first-order valence-electron chi connectivity index (χ1n) is 4.43. The standard InChI is InChI=1S/C9H17N3/c1-4-5-12-8(3)9(6-10)7(2)11-12/h4-6,10H2,1-3H3. The molecule has 2 N–H and O–H groups in total. The molecule has 1 heterocycles. The highest BCUT2D eigenvalue weighted by Crippen LogP contribution is 2.11. The maximum absolute atomic E-state index is 5.61. The van der Waals surface area contributed by atoms with E-state index < -0.39 is 0 Å². The Kier molecular flexibility index (Phi) is 2.87. The Balaban J connectivity index is 3.00. The Morgan fingerprint density at radius 1 is 1.42 bits per heavy atom. The molecule has 1 aromatic rings. The van der Waals surface area contributed by atoms with E-state index in [1.807, 2.05) is 11.6 Å². The van der Waals surface area contributed by atoms with Gasteiger partial charge in [0.05, 0.1) is 5.69 Å². The Morgan fingerprint density at radius 2 is 2.08 bits per heavy atom. The summed E-state index contributed by atoms with van der Waals surface area (Å²) in [7, 11) is 0. The summed E-state index contributed by atoms with van der Waals surface area (Å²) in [5, 5.41) is 4.41. The number of hydrogen-bond donors (Lipinski definition) is 1. The van der Waals surface area contributed by atoms with E-state index in [1.54, 1.807) is 0 Å². The molecule has 0 saturated carbocycles. The van der Waals surface area contributed by atoms with Gasteiger partial charge < -0.3 is 5.73 Å². The minimum absolute atomic E-state index is 0.599. The number of nitrogens with two attached hydrogens (primary N) is 1. The van der Waals surface area contributed by atoms with Crippen molar-refractivity contribution in [2.45, 2.75) is 40.3 Å². The third-order valence-corrected chi connectivity index (χ3v) is 2.17. The van der Waals surface area contributed by atoms with E-state index in [1.165, 1.54) is 11.3 Å². The number of aromatic nitrogens is 2. The van der Waals surface area contributed by atoms with E-state index in [0.717, 1.165) is 18.7 Å². The quantitative estimate of drug-likeness (QED) is 0.739. The fraction of sp³-hybridized carbons (Fsp3) is 0.667. The van der Waals surface area contributed by atoms with Gasteiger partial charge in [0.2, 0.25) is 0 Å². The topological polar surface area (TPSA) is 43.8 Å². The second kappa shape index (κ2) is 3.72. The summed E-state index contributed by atoms with van der Waals surface area (Å²) in [4.78, 5) is 0. The van der Waals surface area contributed by atoms with Gasteiger partial charge in [-0.1, -0.05) is 6.92 Å². The molecule has 12 heavy (non-hydrogen) atoms. The molecule has 3 nitrogen and oxygen atoms in total. The number of rotatable bonds is 3. The SMILES string of the molecule is CCCn1nc(C)c(CN)c1C. The van der Waals surface area contributed by atoms with Gasteiger partial charge in [-0.05, 0) is 20.3 Å². The normalized spacial score (nSPS) is 10.7. The monoisotopic (exact) mass is 167 g/mol. The molecule has 0 saturated heterocycles. The van der Waals surface area contributed by atoms with E-state index in [-0.39, 0.29) is 0 Å². The highest BCUT2D eigenvalue weighted by atomic mass is 15.3. The van der Waals surface area contributed by atoms with Crippen LogP contribution in [0.5, 0.6) is 0 Å². The number of aryl methyl sites for hydroxylation is 2. The lowest BCUT2D eigenvalue weighted by Crippen LogP contribution is -2.03. The van der Waals surface area contributed by atoms with Crippen LogP contribution in [0.1, 0.15) is 30.3 Å². The van der Waals surface area contributed by atoms with Crippen molar-refractivity contribution < 1.29 is 0 Å². The van der Waals surface area contributed by atoms with Crippen LogP contribution in [0.2, 0.25) is 0 Å². The molecule has 0 bridgehead atoms. The molecule has 1 aromatic heterocycles. The summed E-state index contributed by atoms with van der Waals surface area (Å²) in [6.07, 6.45) is 1.12. The molecule has 0 amide bonds. The van der Waals surface area contributed by atoms with Crippen LogP contribution < -0.4 is 5.73 Å². The predicted octanol–water partition coefficient (Wildman–Crippen LogP) is 1.37. The zero-order valence-corrected chi connectivity index (χ0v) is 8.09. The molecule has 3 heteroatoms. The van der Waals surface area contributed by atoms with Gasteiger partial charge in [0.25, 0.3) is 0 Å². The van der Waals surface area contributed by atoms with Crippen molar-refractivity contribution >= 4 is 0 Å². The first-order valence-corrected chi connectivity index (χ1v) is 4.43. The van der Waals surface area contributed by atoms with E-state index in [0.29, 0.717) is 6.54 Å². The molecule has 0 aromatic carbocycles. The third-order valence-electron chi connectivity index (χ3n) is 2.17. The molecule has 0 fully saturated rings. The Hall–Kier alpha value is -0.830. The van der Waals surface area contributed by atoms with E-state index >= 15 is 0 Å². The van der Waals surface area contributed by atoms with Crippen molar-refractivity contribution in [3.8, 4) is 0 Å². The molecule has 0 aliphatic carbocycles. The summed E-state index contributed by atoms with van der Waals surface area (Å²) in [5.41, 5.74) is 9.10. The smallest absolute Gasteiger partial charge is 0.0641 e. The lowest BCUT2D eigenvalue weighted by Gasteiger charge is -2.01. The van der Waals surface area contributed by atoms with Crippen LogP contribution in [0.15, 0.2) is 0 Å². The largest absolute Gasteiger partial charge is 0.326 e. The van der Waals surface area contributed by atoms with Crippen LogP contribution in [-0.2, 0) is 13.1 Å². The van der Waals surface area contributed by atoms with Gasteiger partial charge in [0, 0.05) is 24.3 Å². The van der Waals surface area contributed by atoms with Gasteiger partial charge in [-0.2, -0.15) is 5.10 Å². The average Bonchev–Trinajstić information content (AvgIpc) is 2.29. The first kappa shape index (κ1) is 9.26. The van der Waals surface area contributed by atoms with Crippen LogP contribution in [0.4, 0.5) is 0 Å². The molecule has 0 aliphatic heterocycles. The van der Waals surface area contributed by atoms with E-state index in [4.69, 9.17) is 5.73 Å². The van der Waals surface area contributed by atoms with Crippen molar-refractivity contribution in [3.63, 3.8) is 0 Å². The van der Waals surface area contributed by atoms with Crippen LogP contribution in [-0.4, -0.2) is 9.78 Å². The fourth-order valence-electron chi connectivity index (χ4n) is 1.46. The van der Waals surface area contributed by atoms with Crippen molar-refractivity contribution in [2.24, 2.45) is 5.73 Å². The van der Waals surface area contributed by atoms with Gasteiger partial charge in [-0.25, -0.2) is 0 Å². The summed E-state index contributed by atoms with van der Waals surface area (Å²) >= 11 is 0. The molecular formula is C9H17N3. The van der Waals surface area contributed by atoms with Crippen LogP contribution in [0.25, 0.3) is 0 Å². The van der Waals surface area contributed by atoms with Crippen LogP contribution in [0.3, 0.4) is 0 Å². The lowest BCUT2D eigenvalue weighted by atomic mass is 10.2. The number of nitrogens with zero attached hydrogens (tertiary/aromatic N) is 2.